The molecule has 3 nitrogen and oxygen atoms in total. The number of aromatic nitrogens is 2. The van der Waals surface area contributed by atoms with Gasteiger partial charge in [-0.25, -0.2) is 4.98 Å². The molecule has 1 N–H and O–H groups in total. The molecule has 0 spiro atoms. The van der Waals surface area contributed by atoms with Crippen LogP contribution in [0.3, 0.4) is 0 Å². The van der Waals surface area contributed by atoms with E-state index < -0.39 is 0 Å². The van der Waals surface area contributed by atoms with E-state index in [1.54, 1.807) is 0 Å². The summed E-state index contributed by atoms with van der Waals surface area (Å²) < 4.78 is 2.19. The van der Waals surface area contributed by atoms with Crippen LogP contribution in [0.5, 0.6) is 0 Å². The van der Waals surface area contributed by atoms with Crippen LogP contribution < -0.4 is 5.32 Å². The summed E-state index contributed by atoms with van der Waals surface area (Å²) in [5, 5.41) is 3.08. The van der Waals surface area contributed by atoms with Gasteiger partial charge in [-0.2, -0.15) is 0 Å². The molecular weight excluding hydrogens is 162 g/mol. The van der Waals surface area contributed by atoms with E-state index in [4.69, 9.17) is 0 Å². The highest BCUT2D eigenvalue weighted by molar-refractivity contribution is 5.24. The monoisotopic (exact) mass is 181 g/mol. The van der Waals surface area contributed by atoms with Crippen molar-refractivity contribution >= 4 is 5.95 Å². The third-order valence-electron chi connectivity index (χ3n) is 2.34. The first kappa shape index (κ1) is 10.1. The summed E-state index contributed by atoms with van der Waals surface area (Å²) in [5.41, 5.74) is 0. The Hall–Kier alpha value is -0.990. The Balaban J connectivity index is 2.59. The predicted molar refractivity (Wildman–Crippen MR) is 56.0 cm³/mol. The van der Waals surface area contributed by atoms with Crippen molar-refractivity contribution in [2.45, 2.75) is 39.2 Å². The largest absolute Gasteiger partial charge is 0.359 e. The smallest absolute Gasteiger partial charge is 0.202 e. The van der Waals surface area contributed by atoms with Crippen molar-refractivity contribution in [3.63, 3.8) is 0 Å². The maximum absolute atomic E-state index is 4.22. The number of nitrogens with zero attached hydrogens (tertiary/aromatic N) is 2. The minimum absolute atomic E-state index is 0.546. The fourth-order valence-electron chi connectivity index (χ4n) is 1.50. The number of hydrogen-bond acceptors (Lipinski definition) is 2. The van der Waals surface area contributed by atoms with Gasteiger partial charge >= 0.3 is 0 Å². The van der Waals surface area contributed by atoms with E-state index in [-0.39, 0.29) is 0 Å². The Kier molecular flexibility index (Phi) is 3.80. The molecule has 13 heavy (non-hydrogen) atoms. The van der Waals surface area contributed by atoms with Crippen LogP contribution in [0.25, 0.3) is 0 Å². The lowest BCUT2D eigenvalue weighted by atomic mass is 10.1. The van der Waals surface area contributed by atoms with Crippen LogP contribution in [0.4, 0.5) is 5.95 Å². The molecule has 0 radical (unpaired) electrons. The minimum Gasteiger partial charge on any atom is -0.359 e. The molecule has 0 aliphatic heterocycles. The number of anilines is 1. The van der Waals surface area contributed by atoms with Gasteiger partial charge in [-0.3, -0.25) is 0 Å². The topological polar surface area (TPSA) is 29.9 Å². The Morgan fingerprint density at radius 3 is 3.00 bits per heavy atom. The second-order valence-corrected chi connectivity index (χ2v) is 3.40. The average Bonchev–Trinajstić information content (AvgIpc) is 2.61. The van der Waals surface area contributed by atoms with Gasteiger partial charge in [-0.1, -0.05) is 19.8 Å². The third kappa shape index (κ3) is 2.47. The van der Waals surface area contributed by atoms with Gasteiger partial charge in [0.2, 0.25) is 5.95 Å². The van der Waals surface area contributed by atoms with Gasteiger partial charge < -0.3 is 9.88 Å². The van der Waals surface area contributed by atoms with Crippen LogP contribution in [-0.4, -0.2) is 16.6 Å². The van der Waals surface area contributed by atoms with Gasteiger partial charge in [0, 0.05) is 25.5 Å². The molecule has 0 aromatic carbocycles. The summed E-state index contributed by atoms with van der Waals surface area (Å²) >= 11 is 0. The van der Waals surface area contributed by atoms with Crippen molar-refractivity contribution in [3.8, 4) is 0 Å². The van der Waals surface area contributed by atoms with Gasteiger partial charge in [0.25, 0.3) is 0 Å². The molecule has 1 aromatic rings. The molecule has 0 fully saturated rings. The lowest BCUT2D eigenvalue weighted by molar-refractivity contribution is 0.490. The Labute approximate surface area is 80.2 Å². The minimum atomic E-state index is 0.546. The molecule has 1 unspecified atom stereocenters. The first-order valence-corrected chi connectivity index (χ1v) is 5.00. The Bertz CT molecular complexity index is 242. The lowest BCUT2D eigenvalue weighted by Crippen LogP contribution is -2.07. The molecule has 3 heteroatoms. The van der Waals surface area contributed by atoms with Crippen LogP contribution in [0.15, 0.2) is 12.4 Å². The Morgan fingerprint density at radius 1 is 1.62 bits per heavy atom. The van der Waals surface area contributed by atoms with Crippen molar-refractivity contribution in [3.05, 3.63) is 12.4 Å². The van der Waals surface area contributed by atoms with Gasteiger partial charge in [-0.05, 0) is 13.3 Å². The standard InChI is InChI=1S/C10H19N3/c1-4-5-6-9(2)13-8-7-12-10(13)11-3/h7-9H,4-6H2,1-3H3,(H,11,12). The third-order valence-corrected chi connectivity index (χ3v) is 2.34. The molecule has 1 atom stereocenters. The first-order chi connectivity index (χ1) is 6.29. The number of rotatable bonds is 5. The van der Waals surface area contributed by atoms with E-state index in [1.807, 2.05) is 19.4 Å². The van der Waals surface area contributed by atoms with Crippen LogP contribution in [0.2, 0.25) is 0 Å². The van der Waals surface area contributed by atoms with Gasteiger partial charge in [0.15, 0.2) is 0 Å². The van der Waals surface area contributed by atoms with E-state index in [0.717, 1.165) is 5.95 Å². The summed E-state index contributed by atoms with van der Waals surface area (Å²) in [6.07, 6.45) is 7.64. The quantitative estimate of drug-likeness (QED) is 0.756. The van der Waals surface area contributed by atoms with Gasteiger partial charge in [0.05, 0.1) is 0 Å². The molecule has 0 saturated heterocycles. The van der Waals surface area contributed by atoms with E-state index in [0.29, 0.717) is 6.04 Å². The van der Waals surface area contributed by atoms with Crippen molar-refractivity contribution in [2.75, 3.05) is 12.4 Å². The molecule has 0 aliphatic rings. The molecule has 1 rings (SSSR count). The number of imidazole rings is 1. The summed E-state index contributed by atoms with van der Waals surface area (Å²) in [5.74, 6) is 0.962. The van der Waals surface area contributed by atoms with E-state index in [1.165, 1.54) is 19.3 Å². The highest BCUT2D eigenvalue weighted by Gasteiger charge is 2.07. The molecule has 0 saturated carbocycles. The highest BCUT2D eigenvalue weighted by Crippen LogP contribution is 2.18. The summed E-state index contributed by atoms with van der Waals surface area (Å²) in [6, 6.07) is 0.546. The number of hydrogen-bond donors (Lipinski definition) is 1. The van der Waals surface area contributed by atoms with Crippen molar-refractivity contribution < 1.29 is 0 Å². The van der Waals surface area contributed by atoms with Crippen LogP contribution in [0.1, 0.15) is 39.2 Å². The SMILES string of the molecule is CCCCC(C)n1ccnc1NC. The fraction of sp³-hybridized carbons (Fsp3) is 0.700. The molecule has 1 aromatic heterocycles. The van der Waals surface area contributed by atoms with Crippen LogP contribution in [0, 0.1) is 0 Å². The van der Waals surface area contributed by atoms with Crippen molar-refractivity contribution in [2.24, 2.45) is 0 Å². The zero-order valence-electron chi connectivity index (χ0n) is 8.75. The zero-order chi connectivity index (χ0) is 9.68. The van der Waals surface area contributed by atoms with Gasteiger partial charge in [0.1, 0.15) is 0 Å². The maximum atomic E-state index is 4.22. The summed E-state index contributed by atoms with van der Waals surface area (Å²) in [6.45, 7) is 4.46. The van der Waals surface area contributed by atoms with Crippen LogP contribution >= 0.6 is 0 Å². The summed E-state index contributed by atoms with van der Waals surface area (Å²) in [7, 11) is 1.91. The van der Waals surface area contributed by atoms with E-state index in [2.05, 4.69) is 28.7 Å². The average molecular weight is 181 g/mol. The second kappa shape index (κ2) is 4.90. The molecular formula is C10H19N3. The zero-order valence-corrected chi connectivity index (χ0v) is 8.75. The van der Waals surface area contributed by atoms with Crippen LogP contribution in [-0.2, 0) is 0 Å². The number of unbranched alkanes of at least 4 members (excludes halogenated alkanes) is 1. The maximum Gasteiger partial charge on any atom is 0.202 e. The number of nitrogens with one attached hydrogen (secondary N) is 1. The molecule has 0 aliphatic carbocycles. The molecule has 1 heterocycles. The van der Waals surface area contributed by atoms with Crippen molar-refractivity contribution in [1.82, 2.24) is 9.55 Å². The fourth-order valence-corrected chi connectivity index (χ4v) is 1.50. The molecule has 0 bridgehead atoms. The normalized spacial score (nSPS) is 12.8. The Morgan fingerprint density at radius 2 is 2.38 bits per heavy atom. The lowest BCUT2D eigenvalue weighted by Gasteiger charge is -2.15. The second-order valence-electron chi connectivity index (χ2n) is 3.40. The summed E-state index contributed by atoms with van der Waals surface area (Å²) in [4.78, 5) is 4.22. The van der Waals surface area contributed by atoms with Crippen molar-refractivity contribution in [1.29, 1.82) is 0 Å². The van der Waals surface area contributed by atoms with E-state index in [9.17, 15) is 0 Å². The van der Waals surface area contributed by atoms with E-state index >= 15 is 0 Å². The predicted octanol–water partition coefficient (Wildman–Crippen LogP) is 2.68. The highest BCUT2D eigenvalue weighted by atomic mass is 15.2. The molecule has 0 amide bonds. The molecule has 74 valence electrons. The van der Waals surface area contributed by atoms with Gasteiger partial charge in [-0.15, -0.1) is 0 Å². The first-order valence-electron chi connectivity index (χ1n) is 5.00.